The summed E-state index contributed by atoms with van der Waals surface area (Å²) < 4.78 is 0. The molecule has 2 N–H and O–H groups in total. The van der Waals surface area contributed by atoms with E-state index in [4.69, 9.17) is 0 Å². The first-order chi connectivity index (χ1) is 13.7. The summed E-state index contributed by atoms with van der Waals surface area (Å²) in [4.78, 5) is 24.5. The predicted octanol–water partition coefficient (Wildman–Crippen LogP) is 3.33. The Morgan fingerprint density at radius 1 is 1.36 bits per heavy atom. The van der Waals surface area contributed by atoms with Crippen LogP contribution in [0.4, 0.5) is 5.13 Å². The molecule has 1 saturated heterocycles. The van der Waals surface area contributed by atoms with Crippen molar-refractivity contribution in [3.05, 3.63) is 58.6 Å². The number of rotatable bonds is 6. The zero-order chi connectivity index (χ0) is 19.3. The van der Waals surface area contributed by atoms with E-state index >= 15 is 0 Å². The van der Waals surface area contributed by atoms with Crippen LogP contribution in [0.25, 0.3) is 0 Å². The Bertz CT molecular complexity index is 922. The average molecular weight is 397 g/mol. The average Bonchev–Trinajstić information content (AvgIpc) is 3.34. The summed E-state index contributed by atoms with van der Waals surface area (Å²) in [6.45, 7) is 3.31. The van der Waals surface area contributed by atoms with E-state index in [0.29, 0.717) is 11.7 Å². The lowest BCUT2D eigenvalue weighted by molar-refractivity contribution is -0.118. The number of H-pyrrole nitrogens is 1. The van der Waals surface area contributed by atoms with Crippen molar-refractivity contribution in [1.29, 1.82) is 0 Å². The molecule has 1 atom stereocenters. The van der Waals surface area contributed by atoms with Gasteiger partial charge in [-0.05, 0) is 31.9 Å². The van der Waals surface area contributed by atoms with Gasteiger partial charge < -0.3 is 5.32 Å². The number of aryl methyl sites for hydroxylation is 1. The lowest BCUT2D eigenvalue weighted by Gasteiger charge is -2.33. The van der Waals surface area contributed by atoms with Gasteiger partial charge in [0.15, 0.2) is 5.13 Å². The third-order valence-corrected chi connectivity index (χ3v) is 5.88. The van der Waals surface area contributed by atoms with Crippen molar-refractivity contribution in [3.8, 4) is 0 Å². The third-order valence-electron chi connectivity index (χ3n) is 4.97. The van der Waals surface area contributed by atoms with Gasteiger partial charge in [0.25, 0.3) is 0 Å². The first kappa shape index (κ1) is 18.8. The van der Waals surface area contributed by atoms with Crippen LogP contribution in [0.3, 0.4) is 0 Å². The summed E-state index contributed by atoms with van der Waals surface area (Å²) in [6.07, 6.45) is 7.41. The molecule has 8 heteroatoms. The van der Waals surface area contributed by atoms with Crippen molar-refractivity contribution in [2.75, 3.05) is 18.4 Å². The monoisotopic (exact) mass is 396 g/mol. The molecule has 146 valence electrons. The number of piperidine rings is 1. The highest BCUT2D eigenvalue weighted by Crippen LogP contribution is 2.28. The number of hydrogen-bond donors (Lipinski definition) is 2. The van der Waals surface area contributed by atoms with Crippen molar-refractivity contribution in [2.45, 2.75) is 38.6 Å². The third kappa shape index (κ3) is 4.63. The number of carbonyl (C=O) groups is 1. The van der Waals surface area contributed by atoms with Crippen LogP contribution >= 0.6 is 11.3 Å². The number of amides is 1. The molecular weight excluding hydrogens is 372 g/mol. The van der Waals surface area contributed by atoms with Gasteiger partial charge in [-0.25, -0.2) is 9.97 Å². The molecule has 1 aromatic carbocycles. The molecule has 0 radical (unpaired) electrons. The van der Waals surface area contributed by atoms with E-state index in [2.05, 4.69) is 61.6 Å². The lowest BCUT2D eigenvalue weighted by Crippen LogP contribution is -2.39. The molecule has 28 heavy (non-hydrogen) atoms. The number of aromatic nitrogens is 4. The van der Waals surface area contributed by atoms with Crippen LogP contribution in [-0.2, 0) is 11.2 Å². The van der Waals surface area contributed by atoms with E-state index < -0.39 is 0 Å². The van der Waals surface area contributed by atoms with Gasteiger partial charge in [-0.3, -0.25) is 14.8 Å². The van der Waals surface area contributed by atoms with E-state index in [0.717, 1.165) is 42.9 Å². The Morgan fingerprint density at radius 3 is 3.11 bits per heavy atom. The molecular formula is C20H24N6OS. The number of nitrogens with one attached hydrogen (secondary N) is 2. The SMILES string of the molecule is Cc1cccc(Cc2cnc(NC(=O)CN3CCCCC3c3ncn[nH]3)s2)c1. The Kier molecular flexibility index (Phi) is 5.78. The van der Waals surface area contributed by atoms with Crippen LogP contribution < -0.4 is 5.32 Å². The van der Waals surface area contributed by atoms with Crippen LogP contribution in [0.15, 0.2) is 36.8 Å². The number of thiazole rings is 1. The van der Waals surface area contributed by atoms with E-state index in [9.17, 15) is 4.79 Å². The molecule has 0 bridgehead atoms. The minimum absolute atomic E-state index is 0.0390. The number of carbonyl (C=O) groups excluding carboxylic acids is 1. The molecule has 4 rings (SSSR count). The Morgan fingerprint density at radius 2 is 2.29 bits per heavy atom. The van der Waals surface area contributed by atoms with Crippen LogP contribution in [0.2, 0.25) is 0 Å². The normalized spacial score (nSPS) is 17.5. The van der Waals surface area contributed by atoms with Crippen molar-refractivity contribution >= 4 is 22.4 Å². The van der Waals surface area contributed by atoms with Crippen molar-refractivity contribution in [2.24, 2.45) is 0 Å². The minimum atomic E-state index is -0.0390. The molecule has 3 aromatic rings. The molecule has 0 saturated carbocycles. The van der Waals surface area contributed by atoms with Gasteiger partial charge in [-0.2, -0.15) is 5.10 Å². The summed E-state index contributed by atoms with van der Waals surface area (Å²) in [5, 5.41) is 10.5. The molecule has 1 fully saturated rings. The Labute approximate surface area is 168 Å². The van der Waals surface area contributed by atoms with Gasteiger partial charge in [-0.1, -0.05) is 36.2 Å². The van der Waals surface area contributed by atoms with E-state index in [1.807, 2.05) is 6.20 Å². The van der Waals surface area contributed by atoms with E-state index in [1.165, 1.54) is 28.8 Å². The predicted molar refractivity (Wildman–Crippen MR) is 109 cm³/mol. The summed E-state index contributed by atoms with van der Waals surface area (Å²) >= 11 is 1.53. The topological polar surface area (TPSA) is 86.8 Å². The second-order valence-corrected chi connectivity index (χ2v) is 8.31. The highest BCUT2D eigenvalue weighted by Gasteiger charge is 2.27. The van der Waals surface area contributed by atoms with Crippen molar-refractivity contribution < 1.29 is 4.79 Å². The minimum Gasteiger partial charge on any atom is -0.301 e. The maximum absolute atomic E-state index is 12.6. The molecule has 2 aromatic heterocycles. The van der Waals surface area contributed by atoms with Crippen molar-refractivity contribution in [3.63, 3.8) is 0 Å². The second kappa shape index (κ2) is 8.62. The van der Waals surface area contributed by atoms with Gasteiger partial charge in [0.05, 0.1) is 12.6 Å². The van der Waals surface area contributed by atoms with E-state index in [-0.39, 0.29) is 11.9 Å². The molecule has 1 amide bonds. The number of hydrogen-bond acceptors (Lipinski definition) is 6. The highest BCUT2D eigenvalue weighted by molar-refractivity contribution is 7.15. The van der Waals surface area contributed by atoms with E-state index in [1.54, 1.807) is 0 Å². The Hall–Kier alpha value is -2.58. The standard InChI is InChI=1S/C20H24N6OS/c1-14-5-4-6-15(9-14)10-16-11-21-20(28-16)24-18(27)12-26-8-3-2-7-17(26)19-22-13-23-25-19/h4-6,9,11,13,17H,2-3,7-8,10,12H2,1H3,(H,21,24,27)(H,22,23,25). The Balaban J connectivity index is 1.35. The van der Waals surface area contributed by atoms with Crippen LogP contribution in [0.5, 0.6) is 0 Å². The fourth-order valence-electron chi connectivity index (χ4n) is 3.68. The largest absolute Gasteiger partial charge is 0.301 e. The summed E-state index contributed by atoms with van der Waals surface area (Å²) in [5.74, 6) is 0.796. The first-order valence-corrected chi connectivity index (χ1v) is 10.4. The molecule has 7 nitrogen and oxygen atoms in total. The zero-order valence-corrected chi connectivity index (χ0v) is 16.7. The summed E-state index contributed by atoms with van der Waals surface area (Å²) in [6, 6.07) is 8.57. The molecule has 1 unspecified atom stereocenters. The smallest absolute Gasteiger partial charge is 0.240 e. The zero-order valence-electron chi connectivity index (χ0n) is 15.9. The number of anilines is 1. The fraction of sp³-hybridized carbons (Fsp3) is 0.400. The van der Waals surface area contributed by atoms with Crippen molar-refractivity contribution in [1.82, 2.24) is 25.1 Å². The molecule has 1 aliphatic heterocycles. The number of benzene rings is 1. The summed E-state index contributed by atoms with van der Waals surface area (Å²) in [5.41, 5.74) is 2.50. The highest BCUT2D eigenvalue weighted by atomic mass is 32.1. The molecule has 0 spiro atoms. The van der Waals surface area contributed by atoms with Gasteiger partial charge in [-0.15, -0.1) is 11.3 Å². The molecule has 0 aliphatic carbocycles. The molecule has 3 heterocycles. The van der Waals surface area contributed by atoms with Crippen LogP contribution in [-0.4, -0.2) is 44.1 Å². The number of aromatic amines is 1. The quantitative estimate of drug-likeness (QED) is 0.667. The maximum atomic E-state index is 12.6. The lowest BCUT2D eigenvalue weighted by atomic mass is 10.0. The molecule has 1 aliphatic rings. The first-order valence-electron chi connectivity index (χ1n) is 9.57. The van der Waals surface area contributed by atoms with Gasteiger partial charge in [0, 0.05) is 17.5 Å². The van der Waals surface area contributed by atoms with Gasteiger partial charge >= 0.3 is 0 Å². The number of nitrogens with zero attached hydrogens (tertiary/aromatic N) is 4. The van der Waals surface area contributed by atoms with Crippen LogP contribution in [0, 0.1) is 6.92 Å². The maximum Gasteiger partial charge on any atom is 0.240 e. The second-order valence-electron chi connectivity index (χ2n) is 7.20. The fourth-order valence-corrected chi connectivity index (χ4v) is 4.54. The van der Waals surface area contributed by atoms with Crippen LogP contribution in [0.1, 0.15) is 47.1 Å². The van der Waals surface area contributed by atoms with Gasteiger partial charge in [0.1, 0.15) is 12.2 Å². The van der Waals surface area contributed by atoms with Gasteiger partial charge in [0.2, 0.25) is 5.91 Å². The summed E-state index contributed by atoms with van der Waals surface area (Å²) in [7, 11) is 0. The number of likely N-dealkylation sites (tertiary alicyclic amines) is 1.